The number of halogens is 3. The Kier molecular flexibility index (Phi) is 7.30. The molecule has 3 aromatic rings. The van der Waals surface area contributed by atoms with E-state index < -0.39 is 34.4 Å². The molecule has 1 aliphatic heterocycles. The molecule has 1 saturated heterocycles. The van der Waals surface area contributed by atoms with Crippen LogP contribution in [0.1, 0.15) is 22.8 Å². The molecule has 0 atom stereocenters. The SMILES string of the molecule is CCn1cc(C(=O)O)c(=O)c2cc(F)c(N3CCN(C/C(=N\OC)c4ccc(F)cc4F)CC3)cc21. The van der Waals surface area contributed by atoms with E-state index in [-0.39, 0.29) is 17.5 Å². The number of fused-ring (bicyclic) bond motifs is 1. The first-order valence-corrected chi connectivity index (χ1v) is 11.4. The first-order chi connectivity index (χ1) is 17.2. The van der Waals surface area contributed by atoms with Crippen LogP contribution in [0.2, 0.25) is 0 Å². The summed E-state index contributed by atoms with van der Waals surface area (Å²) in [6.45, 7) is 4.34. The van der Waals surface area contributed by atoms with Crippen LogP contribution in [0.25, 0.3) is 10.9 Å². The second-order valence-corrected chi connectivity index (χ2v) is 8.39. The third-order valence-electron chi connectivity index (χ3n) is 6.25. The molecular formula is C25H25F3N4O4. The maximum absolute atomic E-state index is 15.1. The Hall–Kier alpha value is -3.86. The number of oxime groups is 1. The van der Waals surface area contributed by atoms with Crippen molar-refractivity contribution in [2.75, 3.05) is 44.7 Å². The van der Waals surface area contributed by atoms with Crippen molar-refractivity contribution in [3.05, 3.63) is 75.3 Å². The fourth-order valence-corrected chi connectivity index (χ4v) is 4.41. The van der Waals surface area contributed by atoms with Crippen LogP contribution in [-0.4, -0.2) is 66.1 Å². The van der Waals surface area contributed by atoms with Gasteiger partial charge in [0.15, 0.2) is 0 Å². The lowest BCUT2D eigenvalue weighted by molar-refractivity contribution is 0.0695. The minimum Gasteiger partial charge on any atom is -0.477 e. The molecule has 36 heavy (non-hydrogen) atoms. The molecule has 2 aromatic carbocycles. The van der Waals surface area contributed by atoms with Crippen LogP contribution in [0, 0.1) is 17.5 Å². The second kappa shape index (κ2) is 10.4. The molecule has 2 heterocycles. The average Bonchev–Trinajstić information content (AvgIpc) is 2.84. The number of hydrogen-bond acceptors (Lipinski definition) is 6. The van der Waals surface area contributed by atoms with Crippen LogP contribution in [0.15, 0.2) is 46.5 Å². The molecule has 1 fully saturated rings. The average molecular weight is 502 g/mol. The number of hydrogen-bond donors (Lipinski definition) is 1. The lowest BCUT2D eigenvalue weighted by Crippen LogP contribution is -2.48. The zero-order valence-corrected chi connectivity index (χ0v) is 19.8. The van der Waals surface area contributed by atoms with Crippen LogP contribution in [0.4, 0.5) is 18.9 Å². The van der Waals surface area contributed by atoms with Crippen molar-refractivity contribution in [1.29, 1.82) is 0 Å². The highest BCUT2D eigenvalue weighted by molar-refractivity contribution is 6.02. The highest BCUT2D eigenvalue weighted by Crippen LogP contribution is 2.26. The Morgan fingerprint density at radius 3 is 2.39 bits per heavy atom. The van der Waals surface area contributed by atoms with Crippen molar-refractivity contribution in [2.24, 2.45) is 5.16 Å². The summed E-state index contributed by atoms with van der Waals surface area (Å²) in [5.41, 5.74) is 0.0718. The number of anilines is 1. The van der Waals surface area contributed by atoms with Crippen molar-refractivity contribution in [3.8, 4) is 0 Å². The van der Waals surface area contributed by atoms with Gasteiger partial charge < -0.3 is 19.4 Å². The molecule has 1 N–H and O–H groups in total. The molecule has 0 radical (unpaired) electrons. The Labute approximate surface area is 204 Å². The number of piperazine rings is 1. The van der Waals surface area contributed by atoms with Crippen molar-refractivity contribution < 1.29 is 27.9 Å². The van der Waals surface area contributed by atoms with Crippen molar-refractivity contribution >= 4 is 28.3 Å². The van der Waals surface area contributed by atoms with Crippen molar-refractivity contribution in [2.45, 2.75) is 13.5 Å². The predicted molar refractivity (Wildman–Crippen MR) is 129 cm³/mol. The number of carboxylic acid groups (broad SMARTS) is 1. The molecule has 0 bridgehead atoms. The number of aryl methyl sites for hydroxylation is 1. The summed E-state index contributed by atoms with van der Waals surface area (Å²) >= 11 is 0. The maximum Gasteiger partial charge on any atom is 0.341 e. The van der Waals surface area contributed by atoms with Gasteiger partial charge in [0, 0.05) is 62.5 Å². The largest absolute Gasteiger partial charge is 0.477 e. The first-order valence-electron chi connectivity index (χ1n) is 11.4. The number of benzene rings is 2. The molecule has 0 amide bonds. The summed E-state index contributed by atoms with van der Waals surface area (Å²) in [7, 11) is 1.34. The van der Waals surface area contributed by atoms with Crippen LogP contribution in [0.3, 0.4) is 0 Å². The van der Waals surface area contributed by atoms with E-state index in [4.69, 9.17) is 4.84 Å². The molecule has 0 saturated carbocycles. The summed E-state index contributed by atoms with van der Waals surface area (Å²) in [5, 5.41) is 13.2. The number of pyridine rings is 1. The Bertz CT molecular complexity index is 1400. The number of carbonyl (C=O) groups is 1. The molecule has 8 nitrogen and oxygen atoms in total. The van der Waals surface area contributed by atoms with Gasteiger partial charge in [0.1, 0.15) is 35.8 Å². The number of nitrogens with zero attached hydrogens (tertiary/aromatic N) is 4. The minimum absolute atomic E-state index is 0.0124. The van der Waals surface area contributed by atoms with E-state index in [0.29, 0.717) is 49.6 Å². The maximum atomic E-state index is 15.1. The van der Waals surface area contributed by atoms with Gasteiger partial charge >= 0.3 is 5.97 Å². The quantitative estimate of drug-likeness (QED) is 0.394. The molecule has 190 valence electrons. The van der Waals surface area contributed by atoms with Crippen LogP contribution < -0.4 is 10.3 Å². The van der Waals surface area contributed by atoms with E-state index in [9.17, 15) is 23.5 Å². The van der Waals surface area contributed by atoms with Gasteiger partial charge in [-0.15, -0.1) is 0 Å². The van der Waals surface area contributed by atoms with Gasteiger partial charge in [0.2, 0.25) is 5.43 Å². The minimum atomic E-state index is -1.36. The summed E-state index contributed by atoms with van der Waals surface area (Å²) in [6, 6.07) is 5.92. The van der Waals surface area contributed by atoms with Crippen LogP contribution in [0.5, 0.6) is 0 Å². The lowest BCUT2D eigenvalue weighted by atomic mass is 10.1. The molecular weight excluding hydrogens is 477 g/mol. The number of carboxylic acids is 1. The number of aromatic carboxylic acids is 1. The third-order valence-corrected chi connectivity index (χ3v) is 6.25. The van der Waals surface area contributed by atoms with Crippen molar-refractivity contribution in [3.63, 3.8) is 0 Å². The van der Waals surface area contributed by atoms with Gasteiger partial charge in [0.25, 0.3) is 0 Å². The highest BCUT2D eigenvalue weighted by atomic mass is 19.1. The lowest BCUT2D eigenvalue weighted by Gasteiger charge is -2.36. The highest BCUT2D eigenvalue weighted by Gasteiger charge is 2.24. The smallest absolute Gasteiger partial charge is 0.341 e. The van der Waals surface area contributed by atoms with E-state index in [2.05, 4.69) is 5.16 Å². The summed E-state index contributed by atoms with van der Waals surface area (Å²) < 4.78 is 44.3. The summed E-state index contributed by atoms with van der Waals surface area (Å²) in [4.78, 5) is 32.7. The summed E-state index contributed by atoms with van der Waals surface area (Å²) in [5.74, 6) is -3.41. The van der Waals surface area contributed by atoms with Crippen LogP contribution >= 0.6 is 0 Å². The second-order valence-electron chi connectivity index (χ2n) is 8.39. The molecule has 0 spiro atoms. The van der Waals surface area contributed by atoms with Gasteiger partial charge in [-0.05, 0) is 31.2 Å². The Morgan fingerprint density at radius 1 is 1.06 bits per heavy atom. The van der Waals surface area contributed by atoms with E-state index in [1.54, 1.807) is 17.6 Å². The molecule has 1 aromatic heterocycles. The molecule has 11 heteroatoms. The Balaban J connectivity index is 1.55. The van der Waals surface area contributed by atoms with E-state index in [1.807, 2.05) is 9.80 Å². The normalized spacial score (nSPS) is 14.9. The van der Waals surface area contributed by atoms with Crippen molar-refractivity contribution in [1.82, 2.24) is 9.47 Å². The topological polar surface area (TPSA) is 87.4 Å². The number of rotatable bonds is 7. The van der Waals surface area contributed by atoms with Gasteiger partial charge in [-0.3, -0.25) is 9.69 Å². The summed E-state index contributed by atoms with van der Waals surface area (Å²) in [6.07, 6.45) is 1.28. The number of aromatic nitrogens is 1. The van der Waals surface area contributed by atoms with Gasteiger partial charge in [0.05, 0.1) is 11.2 Å². The van der Waals surface area contributed by atoms with E-state index >= 15 is 4.39 Å². The fraction of sp³-hybridized carbons (Fsp3) is 0.320. The van der Waals surface area contributed by atoms with E-state index in [1.165, 1.54) is 19.4 Å². The molecule has 0 unspecified atom stereocenters. The zero-order valence-electron chi connectivity index (χ0n) is 19.8. The monoisotopic (exact) mass is 502 g/mol. The Morgan fingerprint density at radius 2 is 1.78 bits per heavy atom. The third kappa shape index (κ3) is 4.92. The fourth-order valence-electron chi connectivity index (χ4n) is 4.41. The molecule has 4 rings (SSSR count). The predicted octanol–water partition coefficient (Wildman–Crippen LogP) is 3.31. The standard InChI is InChI=1S/C25H25F3N4O4/c1-3-31-13-18(25(34)35)24(33)17-11-20(28)23(12-22(17)31)32-8-6-30(7-9-32)14-21(29-36-2)16-5-4-15(26)10-19(16)27/h4-5,10-13H,3,6-9,14H2,1-2H3,(H,34,35)/b29-21+. The van der Waals surface area contributed by atoms with E-state index in [0.717, 1.165) is 18.2 Å². The van der Waals surface area contributed by atoms with Gasteiger partial charge in [-0.1, -0.05) is 5.16 Å². The zero-order chi connectivity index (χ0) is 26.0. The molecule has 0 aliphatic carbocycles. The first kappa shape index (κ1) is 25.2. The molecule has 1 aliphatic rings. The van der Waals surface area contributed by atoms with Gasteiger partial charge in [-0.25, -0.2) is 18.0 Å². The van der Waals surface area contributed by atoms with Crippen LogP contribution in [-0.2, 0) is 11.4 Å². The van der Waals surface area contributed by atoms with Gasteiger partial charge in [-0.2, -0.15) is 0 Å².